The molecule has 3 nitrogen and oxygen atoms in total. The molecule has 19 heavy (non-hydrogen) atoms. The molecule has 0 fully saturated rings. The van der Waals surface area contributed by atoms with E-state index in [1.807, 2.05) is 37.1 Å². The van der Waals surface area contributed by atoms with E-state index in [0.29, 0.717) is 18.8 Å². The molecule has 2 rings (SSSR count). The largest absolute Gasteiger partial charge is 0.324 e. The number of rotatable bonds is 5. The van der Waals surface area contributed by atoms with Gasteiger partial charge < -0.3 is 10.2 Å². The average Bonchev–Trinajstić information content (AvgIpc) is 2.44. The first-order chi connectivity index (χ1) is 9.27. The molecule has 0 amide bonds. The maximum atomic E-state index is 13.9. The molecule has 0 spiro atoms. The van der Waals surface area contributed by atoms with Crippen molar-refractivity contribution in [2.24, 2.45) is 0 Å². The standard InChI is InChI=1S/C15H18FN3/c1-3-19(14-9-5-4-8-13(14)16)15-12(11-17-2)7-6-10-18-15/h4-10,17H,3,11H2,1-2H3. The molecule has 0 radical (unpaired) electrons. The van der Waals surface area contributed by atoms with E-state index in [1.165, 1.54) is 6.07 Å². The van der Waals surface area contributed by atoms with Crippen molar-refractivity contribution in [1.29, 1.82) is 0 Å². The van der Waals surface area contributed by atoms with E-state index in [0.717, 1.165) is 11.4 Å². The first-order valence-electron chi connectivity index (χ1n) is 6.38. The number of aromatic nitrogens is 1. The first kappa shape index (κ1) is 13.5. The van der Waals surface area contributed by atoms with Crippen LogP contribution in [0.25, 0.3) is 0 Å². The quantitative estimate of drug-likeness (QED) is 0.894. The predicted molar refractivity (Wildman–Crippen MR) is 76.1 cm³/mol. The minimum absolute atomic E-state index is 0.231. The minimum atomic E-state index is -0.231. The van der Waals surface area contributed by atoms with Gasteiger partial charge in [0.15, 0.2) is 0 Å². The highest BCUT2D eigenvalue weighted by Gasteiger charge is 2.15. The Labute approximate surface area is 113 Å². The van der Waals surface area contributed by atoms with Gasteiger partial charge in [0.2, 0.25) is 0 Å². The van der Waals surface area contributed by atoms with Gasteiger partial charge in [0.05, 0.1) is 5.69 Å². The van der Waals surface area contributed by atoms with Crippen LogP contribution in [0, 0.1) is 5.82 Å². The summed E-state index contributed by atoms with van der Waals surface area (Å²) in [7, 11) is 1.89. The lowest BCUT2D eigenvalue weighted by atomic mass is 10.2. The molecular weight excluding hydrogens is 241 g/mol. The Morgan fingerprint density at radius 2 is 2.00 bits per heavy atom. The number of para-hydroxylation sites is 1. The molecule has 0 aliphatic rings. The van der Waals surface area contributed by atoms with Crippen molar-refractivity contribution in [1.82, 2.24) is 10.3 Å². The highest BCUT2D eigenvalue weighted by Crippen LogP contribution is 2.28. The van der Waals surface area contributed by atoms with Crippen LogP contribution in [0.2, 0.25) is 0 Å². The molecule has 0 unspecified atom stereocenters. The number of hydrogen-bond donors (Lipinski definition) is 1. The lowest BCUT2D eigenvalue weighted by Crippen LogP contribution is -2.21. The van der Waals surface area contributed by atoms with E-state index in [2.05, 4.69) is 10.3 Å². The van der Waals surface area contributed by atoms with Gasteiger partial charge in [-0.1, -0.05) is 18.2 Å². The van der Waals surface area contributed by atoms with Gasteiger partial charge in [-0.3, -0.25) is 0 Å². The summed E-state index contributed by atoms with van der Waals surface area (Å²) < 4.78 is 13.9. The SMILES string of the molecule is CCN(c1ccccc1F)c1ncccc1CNC. The Bertz CT molecular complexity index is 542. The Kier molecular flexibility index (Phi) is 4.47. The van der Waals surface area contributed by atoms with Gasteiger partial charge in [-0.25, -0.2) is 9.37 Å². The molecule has 0 aliphatic heterocycles. The third kappa shape index (κ3) is 2.90. The van der Waals surface area contributed by atoms with Crippen LogP contribution >= 0.6 is 0 Å². The van der Waals surface area contributed by atoms with Crippen molar-refractivity contribution in [3.05, 3.63) is 54.0 Å². The van der Waals surface area contributed by atoms with Crippen molar-refractivity contribution in [2.45, 2.75) is 13.5 Å². The topological polar surface area (TPSA) is 28.2 Å². The molecule has 1 N–H and O–H groups in total. The van der Waals surface area contributed by atoms with E-state index in [-0.39, 0.29) is 5.82 Å². The number of benzene rings is 1. The van der Waals surface area contributed by atoms with E-state index >= 15 is 0 Å². The molecule has 1 heterocycles. The van der Waals surface area contributed by atoms with Gasteiger partial charge in [-0.05, 0) is 32.2 Å². The number of pyridine rings is 1. The van der Waals surface area contributed by atoms with Gasteiger partial charge in [0.1, 0.15) is 11.6 Å². The zero-order chi connectivity index (χ0) is 13.7. The van der Waals surface area contributed by atoms with Crippen LogP contribution < -0.4 is 10.2 Å². The number of halogens is 1. The summed E-state index contributed by atoms with van der Waals surface area (Å²) in [6.45, 7) is 3.35. The first-order valence-corrected chi connectivity index (χ1v) is 6.38. The summed E-state index contributed by atoms with van der Waals surface area (Å²) in [6.07, 6.45) is 1.73. The molecule has 0 aliphatic carbocycles. The maximum Gasteiger partial charge on any atom is 0.146 e. The van der Waals surface area contributed by atoms with Crippen LogP contribution in [-0.2, 0) is 6.54 Å². The van der Waals surface area contributed by atoms with E-state index in [9.17, 15) is 4.39 Å². The number of nitrogens with zero attached hydrogens (tertiary/aromatic N) is 2. The Balaban J connectivity index is 2.45. The molecule has 0 saturated carbocycles. The van der Waals surface area contributed by atoms with Crippen LogP contribution in [0.1, 0.15) is 12.5 Å². The highest BCUT2D eigenvalue weighted by molar-refractivity contribution is 5.63. The second kappa shape index (κ2) is 6.29. The molecule has 1 aromatic carbocycles. The lowest BCUT2D eigenvalue weighted by molar-refractivity contribution is 0.625. The Hall–Kier alpha value is -1.94. The molecule has 1 aromatic heterocycles. The third-order valence-electron chi connectivity index (χ3n) is 2.95. The van der Waals surface area contributed by atoms with Gasteiger partial charge in [-0.15, -0.1) is 0 Å². The normalized spacial score (nSPS) is 10.5. The van der Waals surface area contributed by atoms with Crippen molar-refractivity contribution in [2.75, 3.05) is 18.5 Å². The van der Waals surface area contributed by atoms with Gasteiger partial charge >= 0.3 is 0 Å². The van der Waals surface area contributed by atoms with Crippen molar-refractivity contribution in [3.63, 3.8) is 0 Å². The van der Waals surface area contributed by atoms with Crippen LogP contribution in [0.5, 0.6) is 0 Å². The summed E-state index contributed by atoms with van der Waals surface area (Å²) in [6, 6.07) is 10.7. The van der Waals surface area contributed by atoms with Crippen molar-refractivity contribution >= 4 is 11.5 Å². The molecule has 0 bridgehead atoms. The van der Waals surface area contributed by atoms with Crippen LogP contribution in [0.15, 0.2) is 42.6 Å². The molecule has 4 heteroatoms. The fourth-order valence-electron chi connectivity index (χ4n) is 2.11. The fraction of sp³-hybridized carbons (Fsp3) is 0.267. The smallest absolute Gasteiger partial charge is 0.146 e. The van der Waals surface area contributed by atoms with Crippen LogP contribution in [0.3, 0.4) is 0 Å². The third-order valence-corrected chi connectivity index (χ3v) is 2.95. The summed E-state index contributed by atoms with van der Waals surface area (Å²) >= 11 is 0. The number of anilines is 2. The zero-order valence-corrected chi connectivity index (χ0v) is 11.2. The molecule has 0 saturated heterocycles. The Morgan fingerprint density at radius 3 is 2.68 bits per heavy atom. The molecule has 2 aromatic rings. The molecular formula is C15H18FN3. The van der Waals surface area contributed by atoms with Crippen LogP contribution in [0.4, 0.5) is 15.9 Å². The summed E-state index contributed by atoms with van der Waals surface area (Å²) in [4.78, 5) is 6.30. The second-order valence-electron chi connectivity index (χ2n) is 4.21. The number of nitrogens with one attached hydrogen (secondary N) is 1. The summed E-state index contributed by atoms with van der Waals surface area (Å²) in [5, 5.41) is 3.11. The lowest BCUT2D eigenvalue weighted by Gasteiger charge is -2.24. The van der Waals surface area contributed by atoms with E-state index < -0.39 is 0 Å². The van der Waals surface area contributed by atoms with Crippen LogP contribution in [-0.4, -0.2) is 18.6 Å². The van der Waals surface area contributed by atoms with E-state index in [4.69, 9.17) is 0 Å². The average molecular weight is 259 g/mol. The van der Waals surface area contributed by atoms with Crippen molar-refractivity contribution in [3.8, 4) is 0 Å². The highest BCUT2D eigenvalue weighted by atomic mass is 19.1. The molecule has 100 valence electrons. The number of hydrogen-bond acceptors (Lipinski definition) is 3. The zero-order valence-electron chi connectivity index (χ0n) is 11.2. The second-order valence-corrected chi connectivity index (χ2v) is 4.21. The minimum Gasteiger partial charge on any atom is -0.324 e. The monoisotopic (exact) mass is 259 g/mol. The van der Waals surface area contributed by atoms with Gasteiger partial charge in [-0.2, -0.15) is 0 Å². The maximum absolute atomic E-state index is 13.9. The predicted octanol–water partition coefficient (Wildman–Crippen LogP) is 3.10. The van der Waals surface area contributed by atoms with Gasteiger partial charge in [0.25, 0.3) is 0 Å². The Morgan fingerprint density at radius 1 is 1.21 bits per heavy atom. The summed E-state index contributed by atoms with van der Waals surface area (Å²) in [5.41, 5.74) is 1.61. The van der Waals surface area contributed by atoms with E-state index in [1.54, 1.807) is 18.3 Å². The van der Waals surface area contributed by atoms with Gasteiger partial charge in [0, 0.05) is 24.8 Å². The molecule has 0 atom stereocenters. The van der Waals surface area contributed by atoms with Crippen molar-refractivity contribution < 1.29 is 4.39 Å². The summed E-state index contributed by atoms with van der Waals surface area (Å²) in [5.74, 6) is 0.565. The fourth-order valence-corrected chi connectivity index (χ4v) is 2.11.